The second-order valence-electron chi connectivity index (χ2n) is 14.2. The van der Waals surface area contributed by atoms with Crippen LogP contribution >= 0.6 is 0 Å². The minimum absolute atomic E-state index is 0.0105. The number of carbonyl (C=O) groups excluding carboxylic acids is 2. The Morgan fingerprint density at radius 1 is 0.702 bits per heavy atom. The Kier molecular flexibility index (Phi) is 12.1. The number of sulfonamides is 1. The molecule has 7 rings (SSSR count). The van der Waals surface area contributed by atoms with E-state index in [0.29, 0.717) is 15.8 Å². The average Bonchev–Trinajstić information content (AvgIpc) is 3.21. The summed E-state index contributed by atoms with van der Waals surface area (Å²) in [7, 11) is -5.23. The van der Waals surface area contributed by atoms with E-state index in [-0.39, 0.29) is 55.8 Å². The zero-order valence-electron chi connectivity index (χ0n) is 30.9. The standard InChI is InChI=1S/C44H40F4N2O6S/c45-36-25-37(46)41(48)42(40(36)47)57(53,54)50-23-22-38(50)43(51)49(26-29-16-18-33(19-17-29)32-14-8-3-9-15-32)34-20-21-35(44(52)56-28-31-12-6-2-7-13-31)39(24-34)55-27-30-10-4-1-5-11-30/h1-2,4-7,10-13,16-21,24-25,32,38H,3,8-9,14-15,22-23,26-28H2/t38-/m1/s1. The monoisotopic (exact) mass is 800 g/mol. The molecule has 2 aliphatic rings. The summed E-state index contributed by atoms with van der Waals surface area (Å²) in [6.07, 6.45) is 5.62. The smallest absolute Gasteiger partial charge is 0.342 e. The number of esters is 1. The Morgan fingerprint density at radius 3 is 1.91 bits per heavy atom. The Morgan fingerprint density at radius 2 is 1.32 bits per heavy atom. The molecule has 8 nitrogen and oxygen atoms in total. The van der Waals surface area contributed by atoms with E-state index >= 15 is 0 Å². The number of benzene rings is 5. The van der Waals surface area contributed by atoms with Crippen LogP contribution in [-0.4, -0.2) is 37.2 Å². The van der Waals surface area contributed by atoms with Gasteiger partial charge in [-0.25, -0.2) is 30.8 Å². The molecular weight excluding hydrogens is 761 g/mol. The van der Waals surface area contributed by atoms with Gasteiger partial charge in [-0.15, -0.1) is 0 Å². The number of nitrogens with zero attached hydrogens (tertiary/aromatic N) is 2. The van der Waals surface area contributed by atoms with E-state index in [4.69, 9.17) is 9.47 Å². The van der Waals surface area contributed by atoms with Gasteiger partial charge in [0.15, 0.2) is 28.2 Å². The Bertz CT molecular complexity index is 2310. The molecule has 1 heterocycles. The van der Waals surface area contributed by atoms with Crippen molar-refractivity contribution >= 4 is 27.6 Å². The SMILES string of the molecule is O=C(OCc1ccccc1)c1ccc(N(Cc2ccc(C3CCCCC3)cc2)C(=O)[C@H]2CCN2S(=O)(=O)c2c(F)c(F)cc(F)c2F)cc1OCc1ccccc1. The second kappa shape index (κ2) is 17.3. The average molecular weight is 801 g/mol. The van der Waals surface area contributed by atoms with Crippen molar-refractivity contribution in [1.82, 2.24) is 4.31 Å². The Balaban J connectivity index is 1.24. The molecule has 1 saturated carbocycles. The van der Waals surface area contributed by atoms with Gasteiger partial charge in [0.2, 0.25) is 15.9 Å². The lowest BCUT2D eigenvalue weighted by atomic mass is 9.84. The summed E-state index contributed by atoms with van der Waals surface area (Å²) in [5.41, 5.74) is 3.72. The quantitative estimate of drug-likeness (QED) is 0.0670. The fraction of sp³-hybridized carbons (Fsp3) is 0.273. The highest BCUT2D eigenvalue weighted by Gasteiger charge is 2.47. The first-order valence-corrected chi connectivity index (χ1v) is 20.2. The molecule has 0 bridgehead atoms. The van der Waals surface area contributed by atoms with Crippen molar-refractivity contribution in [1.29, 1.82) is 0 Å². The molecule has 0 aromatic heterocycles. The lowest BCUT2D eigenvalue weighted by molar-refractivity contribution is -0.125. The Labute approximate surface area is 328 Å². The molecule has 0 spiro atoms. The van der Waals surface area contributed by atoms with Crippen molar-refractivity contribution in [3.05, 3.63) is 160 Å². The maximum atomic E-state index is 14.8. The minimum atomic E-state index is -5.23. The summed E-state index contributed by atoms with van der Waals surface area (Å²) < 4.78 is 97.6. The Hall–Kier alpha value is -5.53. The van der Waals surface area contributed by atoms with Crippen LogP contribution < -0.4 is 9.64 Å². The summed E-state index contributed by atoms with van der Waals surface area (Å²) in [5, 5.41) is 0. The molecule has 5 aromatic carbocycles. The largest absolute Gasteiger partial charge is 0.488 e. The number of amides is 1. The second-order valence-corrected chi connectivity index (χ2v) is 16.1. The molecule has 1 aliphatic heterocycles. The van der Waals surface area contributed by atoms with Crippen molar-refractivity contribution in [2.24, 2.45) is 0 Å². The molecule has 13 heteroatoms. The third kappa shape index (κ3) is 8.74. The summed E-state index contributed by atoms with van der Waals surface area (Å²) in [5.74, 6) is -8.91. The fourth-order valence-electron chi connectivity index (χ4n) is 7.29. The number of rotatable bonds is 13. The molecule has 1 aliphatic carbocycles. The lowest BCUT2D eigenvalue weighted by Gasteiger charge is -2.41. The van der Waals surface area contributed by atoms with Crippen LogP contribution in [-0.2, 0) is 39.3 Å². The van der Waals surface area contributed by atoms with Gasteiger partial charge in [-0.1, -0.05) is 104 Å². The van der Waals surface area contributed by atoms with Gasteiger partial charge in [0.05, 0.1) is 6.54 Å². The zero-order valence-corrected chi connectivity index (χ0v) is 31.7. The van der Waals surface area contributed by atoms with E-state index in [9.17, 15) is 35.6 Å². The maximum Gasteiger partial charge on any atom is 0.342 e. The van der Waals surface area contributed by atoms with Crippen molar-refractivity contribution < 1.29 is 45.0 Å². The molecular formula is C44H40F4N2O6S. The van der Waals surface area contributed by atoms with E-state index < -0.39 is 56.1 Å². The molecule has 1 atom stereocenters. The van der Waals surface area contributed by atoms with Gasteiger partial charge in [-0.2, -0.15) is 4.31 Å². The summed E-state index contributed by atoms with van der Waals surface area (Å²) >= 11 is 0. The molecule has 0 unspecified atom stereocenters. The van der Waals surface area contributed by atoms with Gasteiger partial charge in [0, 0.05) is 24.4 Å². The van der Waals surface area contributed by atoms with E-state index in [1.165, 1.54) is 35.1 Å². The number of halogens is 4. The van der Waals surface area contributed by atoms with Gasteiger partial charge in [0.25, 0.3) is 0 Å². The van der Waals surface area contributed by atoms with E-state index in [1.54, 1.807) is 0 Å². The zero-order chi connectivity index (χ0) is 40.1. The third-order valence-corrected chi connectivity index (χ3v) is 12.4. The van der Waals surface area contributed by atoms with Crippen LogP contribution in [0.2, 0.25) is 0 Å². The van der Waals surface area contributed by atoms with E-state index in [2.05, 4.69) is 0 Å². The number of hydrogen-bond acceptors (Lipinski definition) is 6. The molecule has 5 aromatic rings. The molecule has 1 amide bonds. The van der Waals surface area contributed by atoms with Crippen molar-refractivity contribution in [2.45, 2.75) is 75.1 Å². The van der Waals surface area contributed by atoms with Crippen LogP contribution in [0.1, 0.15) is 77.1 Å². The van der Waals surface area contributed by atoms with E-state index in [0.717, 1.165) is 36.8 Å². The van der Waals surface area contributed by atoms with Gasteiger partial charge in [-0.3, -0.25) is 4.79 Å². The van der Waals surface area contributed by atoms with Crippen LogP contribution in [0.4, 0.5) is 23.2 Å². The van der Waals surface area contributed by atoms with Crippen molar-refractivity contribution in [2.75, 3.05) is 11.4 Å². The topological polar surface area (TPSA) is 93.2 Å². The molecule has 296 valence electrons. The highest BCUT2D eigenvalue weighted by atomic mass is 32.2. The summed E-state index contributed by atoms with van der Waals surface area (Å²) in [6, 6.07) is 29.0. The normalized spacial score (nSPS) is 16.1. The van der Waals surface area contributed by atoms with Crippen LogP contribution in [0.3, 0.4) is 0 Å². The summed E-state index contributed by atoms with van der Waals surface area (Å²) in [6.45, 7) is -0.363. The molecule has 2 fully saturated rings. The number of ether oxygens (including phenoxy) is 2. The van der Waals surface area contributed by atoms with Crippen molar-refractivity contribution in [3.8, 4) is 5.75 Å². The highest BCUT2D eigenvalue weighted by molar-refractivity contribution is 7.89. The van der Waals surface area contributed by atoms with Crippen molar-refractivity contribution in [3.63, 3.8) is 0 Å². The molecule has 0 radical (unpaired) electrons. The number of carbonyl (C=O) groups is 2. The first kappa shape index (κ1) is 39.7. The molecule has 0 N–H and O–H groups in total. The maximum absolute atomic E-state index is 14.8. The van der Waals surface area contributed by atoms with Crippen LogP contribution in [0.25, 0.3) is 0 Å². The first-order valence-electron chi connectivity index (χ1n) is 18.8. The van der Waals surface area contributed by atoms with Gasteiger partial charge in [0.1, 0.15) is 30.6 Å². The minimum Gasteiger partial charge on any atom is -0.488 e. The molecule has 57 heavy (non-hydrogen) atoms. The fourth-order valence-corrected chi connectivity index (χ4v) is 9.04. The predicted molar refractivity (Wildman–Crippen MR) is 205 cm³/mol. The summed E-state index contributed by atoms with van der Waals surface area (Å²) in [4.78, 5) is 27.6. The van der Waals surface area contributed by atoms with Crippen LogP contribution in [0, 0.1) is 23.3 Å². The van der Waals surface area contributed by atoms with E-state index in [1.807, 2.05) is 84.9 Å². The highest BCUT2D eigenvalue weighted by Crippen LogP contribution is 2.37. The van der Waals surface area contributed by atoms with Gasteiger partial charge in [-0.05, 0) is 59.6 Å². The number of hydrogen-bond donors (Lipinski definition) is 0. The van der Waals surface area contributed by atoms with Gasteiger partial charge >= 0.3 is 5.97 Å². The number of anilines is 1. The third-order valence-electron chi connectivity index (χ3n) is 10.5. The molecule has 1 saturated heterocycles. The first-order chi connectivity index (χ1) is 27.5. The lowest BCUT2D eigenvalue weighted by Crippen LogP contribution is -2.59. The van der Waals surface area contributed by atoms with Crippen LogP contribution in [0.15, 0.2) is 114 Å². The van der Waals surface area contributed by atoms with Gasteiger partial charge < -0.3 is 14.4 Å². The van der Waals surface area contributed by atoms with Crippen LogP contribution in [0.5, 0.6) is 5.75 Å². The predicted octanol–water partition coefficient (Wildman–Crippen LogP) is 9.22.